The van der Waals surface area contributed by atoms with Crippen molar-refractivity contribution >= 4 is 11.6 Å². The number of amides is 1. The smallest absolute Gasteiger partial charge is 0.255 e. The second kappa shape index (κ2) is 5.40. The zero-order chi connectivity index (χ0) is 14.1. The molecular weight excluding hydrogens is 252 g/mol. The summed E-state index contributed by atoms with van der Waals surface area (Å²) in [5, 5.41) is 0. The molecule has 0 saturated carbocycles. The lowest BCUT2D eigenvalue weighted by molar-refractivity contribution is 0.0742. The Balaban J connectivity index is 1.80. The van der Waals surface area contributed by atoms with E-state index in [2.05, 4.69) is 9.88 Å². The van der Waals surface area contributed by atoms with E-state index in [-0.39, 0.29) is 5.91 Å². The van der Waals surface area contributed by atoms with E-state index in [1.165, 1.54) is 19.4 Å². The van der Waals surface area contributed by atoms with Gasteiger partial charge in [-0.3, -0.25) is 14.7 Å². The summed E-state index contributed by atoms with van der Waals surface area (Å²) < 4.78 is 0. The minimum absolute atomic E-state index is 0.0797. The molecule has 0 spiro atoms. The van der Waals surface area contributed by atoms with Crippen LogP contribution in [-0.4, -0.2) is 52.9 Å². The first-order chi connectivity index (χ1) is 9.65. The number of nitrogens with two attached hydrogens (primary N) is 1. The Morgan fingerprint density at radius 1 is 1.35 bits per heavy atom. The van der Waals surface area contributed by atoms with Crippen LogP contribution in [0, 0.1) is 6.92 Å². The van der Waals surface area contributed by atoms with Crippen molar-refractivity contribution in [3.05, 3.63) is 23.5 Å². The number of anilines is 1. The molecule has 3 heterocycles. The van der Waals surface area contributed by atoms with Crippen LogP contribution in [0.25, 0.3) is 0 Å². The number of aromatic nitrogens is 1. The largest absolute Gasteiger partial charge is 0.397 e. The quantitative estimate of drug-likeness (QED) is 0.838. The fraction of sp³-hybridized carbons (Fsp3) is 0.600. The van der Waals surface area contributed by atoms with Gasteiger partial charge in [0, 0.05) is 25.7 Å². The summed E-state index contributed by atoms with van der Waals surface area (Å²) in [6.07, 6.45) is 5.12. The fourth-order valence-electron chi connectivity index (χ4n) is 3.33. The molecule has 0 aliphatic carbocycles. The molecule has 5 nitrogen and oxygen atoms in total. The molecule has 2 N–H and O–H groups in total. The van der Waals surface area contributed by atoms with Crippen LogP contribution in [0.5, 0.6) is 0 Å². The van der Waals surface area contributed by atoms with E-state index in [0.717, 1.165) is 31.7 Å². The summed E-state index contributed by atoms with van der Waals surface area (Å²) in [5.74, 6) is 0.0797. The van der Waals surface area contributed by atoms with Crippen LogP contribution in [0.3, 0.4) is 0 Å². The summed E-state index contributed by atoms with van der Waals surface area (Å²) in [5.41, 5.74) is 7.73. The Morgan fingerprint density at radius 3 is 3.00 bits per heavy atom. The maximum atomic E-state index is 12.7. The van der Waals surface area contributed by atoms with Crippen LogP contribution in [-0.2, 0) is 0 Å². The van der Waals surface area contributed by atoms with Gasteiger partial charge in [0.1, 0.15) is 0 Å². The molecule has 0 aromatic carbocycles. The number of nitrogen functional groups attached to an aromatic ring is 1. The first-order valence-electron chi connectivity index (χ1n) is 7.40. The molecule has 2 saturated heterocycles. The predicted molar refractivity (Wildman–Crippen MR) is 78.5 cm³/mol. The molecule has 1 amide bonds. The van der Waals surface area contributed by atoms with Crippen molar-refractivity contribution in [2.24, 2.45) is 0 Å². The third-order valence-corrected chi connectivity index (χ3v) is 4.43. The lowest BCUT2D eigenvalue weighted by Crippen LogP contribution is -2.40. The fourth-order valence-corrected chi connectivity index (χ4v) is 3.33. The van der Waals surface area contributed by atoms with Crippen molar-refractivity contribution in [2.75, 3.05) is 31.9 Å². The normalized spacial score (nSPS) is 23.4. The van der Waals surface area contributed by atoms with Gasteiger partial charge in [0.2, 0.25) is 0 Å². The first-order valence-corrected chi connectivity index (χ1v) is 7.40. The average Bonchev–Trinajstić information content (AvgIpc) is 2.78. The molecule has 1 aromatic rings. The summed E-state index contributed by atoms with van der Waals surface area (Å²) in [6.45, 7) is 5.84. The first kappa shape index (κ1) is 13.4. The Hall–Kier alpha value is -1.62. The predicted octanol–water partition coefficient (Wildman–Crippen LogP) is 1.28. The number of nitrogens with zero attached hydrogens (tertiary/aromatic N) is 3. The number of carbonyl (C=O) groups is 1. The van der Waals surface area contributed by atoms with Gasteiger partial charge in [-0.2, -0.15) is 0 Å². The van der Waals surface area contributed by atoms with Crippen LogP contribution in [0.1, 0.15) is 35.3 Å². The van der Waals surface area contributed by atoms with Gasteiger partial charge < -0.3 is 10.6 Å². The van der Waals surface area contributed by atoms with E-state index in [1.807, 2.05) is 11.8 Å². The number of hydrogen-bond acceptors (Lipinski definition) is 4. The topological polar surface area (TPSA) is 62.5 Å². The number of hydrogen-bond donors (Lipinski definition) is 1. The van der Waals surface area contributed by atoms with Crippen molar-refractivity contribution in [3.8, 4) is 0 Å². The Kier molecular flexibility index (Phi) is 3.61. The molecule has 5 heteroatoms. The summed E-state index contributed by atoms with van der Waals surface area (Å²) in [4.78, 5) is 21.4. The standard InChI is InChI=1S/C15H22N4O/c1-11-14(8-12(16)9-17-11)15(20)19-7-3-6-18-5-2-4-13(18)10-19/h8-9,13H,2-7,10,16H2,1H3. The van der Waals surface area contributed by atoms with E-state index >= 15 is 0 Å². The zero-order valence-electron chi connectivity index (χ0n) is 12.0. The summed E-state index contributed by atoms with van der Waals surface area (Å²) in [6, 6.07) is 2.29. The highest BCUT2D eigenvalue weighted by Gasteiger charge is 2.31. The molecule has 3 rings (SSSR count). The van der Waals surface area contributed by atoms with Gasteiger partial charge in [0.15, 0.2) is 0 Å². The molecule has 0 bridgehead atoms. The van der Waals surface area contributed by atoms with Gasteiger partial charge in [0.25, 0.3) is 5.91 Å². The van der Waals surface area contributed by atoms with Crippen LogP contribution >= 0.6 is 0 Å². The minimum Gasteiger partial charge on any atom is -0.397 e. The monoisotopic (exact) mass is 274 g/mol. The minimum atomic E-state index is 0.0797. The molecule has 108 valence electrons. The van der Waals surface area contributed by atoms with Crippen molar-refractivity contribution in [3.63, 3.8) is 0 Å². The highest BCUT2D eigenvalue weighted by atomic mass is 16.2. The van der Waals surface area contributed by atoms with Gasteiger partial charge in [-0.25, -0.2) is 0 Å². The third-order valence-electron chi connectivity index (χ3n) is 4.43. The lowest BCUT2D eigenvalue weighted by atomic mass is 10.1. The van der Waals surface area contributed by atoms with Crippen LogP contribution in [0.2, 0.25) is 0 Å². The number of aryl methyl sites for hydroxylation is 1. The molecule has 1 aromatic heterocycles. The van der Waals surface area contributed by atoms with Gasteiger partial charge in [-0.05, 0) is 38.8 Å². The van der Waals surface area contributed by atoms with Gasteiger partial charge in [-0.1, -0.05) is 0 Å². The van der Waals surface area contributed by atoms with Crippen LogP contribution in [0.15, 0.2) is 12.3 Å². The molecular formula is C15H22N4O. The molecule has 1 atom stereocenters. The maximum absolute atomic E-state index is 12.7. The average molecular weight is 274 g/mol. The molecule has 2 aliphatic heterocycles. The van der Waals surface area contributed by atoms with Gasteiger partial charge in [-0.15, -0.1) is 0 Å². The highest BCUT2D eigenvalue weighted by Crippen LogP contribution is 2.23. The van der Waals surface area contributed by atoms with E-state index in [0.29, 0.717) is 17.3 Å². The lowest BCUT2D eigenvalue weighted by Gasteiger charge is -2.26. The molecule has 0 radical (unpaired) electrons. The maximum Gasteiger partial charge on any atom is 0.255 e. The SMILES string of the molecule is Cc1ncc(N)cc1C(=O)N1CCCN2CCCC2C1. The Bertz CT molecular complexity index is 517. The van der Waals surface area contributed by atoms with Crippen molar-refractivity contribution in [2.45, 2.75) is 32.2 Å². The molecule has 20 heavy (non-hydrogen) atoms. The Morgan fingerprint density at radius 2 is 2.15 bits per heavy atom. The zero-order valence-corrected chi connectivity index (χ0v) is 12.0. The van der Waals surface area contributed by atoms with Crippen molar-refractivity contribution in [1.82, 2.24) is 14.8 Å². The highest BCUT2D eigenvalue weighted by molar-refractivity contribution is 5.96. The Labute approximate surface area is 119 Å². The second-order valence-electron chi connectivity index (χ2n) is 5.84. The van der Waals surface area contributed by atoms with Crippen LogP contribution in [0.4, 0.5) is 5.69 Å². The number of fused-ring (bicyclic) bond motifs is 1. The van der Waals surface area contributed by atoms with E-state index < -0.39 is 0 Å². The molecule has 2 aliphatic rings. The van der Waals surface area contributed by atoms with Gasteiger partial charge >= 0.3 is 0 Å². The summed E-state index contributed by atoms with van der Waals surface area (Å²) in [7, 11) is 0. The third kappa shape index (κ3) is 2.50. The number of rotatable bonds is 1. The summed E-state index contributed by atoms with van der Waals surface area (Å²) >= 11 is 0. The van der Waals surface area contributed by atoms with E-state index in [4.69, 9.17) is 5.73 Å². The van der Waals surface area contributed by atoms with Crippen LogP contribution < -0.4 is 5.73 Å². The van der Waals surface area contributed by atoms with Crippen molar-refractivity contribution < 1.29 is 4.79 Å². The molecule has 1 unspecified atom stereocenters. The number of carbonyl (C=O) groups excluding carboxylic acids is 1. The molecule has 2 fully saturated rings. The van der Waals surface area contributed by atoms with E-state index in [9.17, 15) is 4.79 Å². The van der Waals surface area contributed by atoms with Gasteiger partial charge in [0.05, 0.1) is 23.1 Å². The van der Waals surface area contributed by atoms with E-state index in [1.54, 1.807) is 12.3 Å². The number of pyridine rings is 1. The van der Waals surface area contributed by atoms with Crippen molar-refractivity contribution in [1.29, 1.82) is 0 Å². The second-order valence-corrected chi connectivity index (χ2v) is 5.84.